The molecule has 0 saturated carbocycles. The van der Waals surface area contributed by atoms with Crippen LogP contribution in [-0.2, 0) is 23.2 Å². The number of fused-ring (bicyclic) bond motifs is 1. The third kappa shape index (κ3) is 3.57. The third-order valence-electron chi connectivity index (χ3n) is 6.99. The van der Waals surface area contributed by atoms with E-state index < -0.39 is 5.54 Å². The second kappa shape index (κ2) is 7.64. The second-order valence-corrected chi connectivity index (χ2v) is 9.00. The lowest BCUT2D eigenvalue weighted by atomic mass is 9.90. The van der Waals surface area contributed by atoms with Crippen LogP contribution < -0.4 is 15.1 Å². The van der Waals surface area contributed by atoms with E-state index in [1.807, 2.05) is 13.0 Å². The van der Waals surface area contributed by atoms with Crippen LogP contribution in [0, 0.1) is 5.82 Å². The topological polar surface area (TPSA) is 57.1 Å². The highest BCUT2D eigenvalue weighted by Crippen LogP contribution is 2.32. The Morgan fingerprint density at radius 1 is 1.03 bits per heavy atom. The number of nitrogens with one attached hydrogen (secondary N) is 2. The number of hydrogen-bond acceptors (Lipinski definition) is 3. The maximum atomic E-state index is 13.3. The van der Waals surface area contributed by atoms with Crippen molar-refractivity contribution in [1.29, 1.82) is 0 Å². The van der Waals surface area contributed by atoms with Crippen LogP contribution in [-0.4, -0.2) is 49.7 Å². The van der Waals surface area contributed by atoms with E-state index in [1.54, 1.807) is 12.1 Å². The Bertz CT molecular complexity index is 1020. The number of rotatable bonds is 4. The summed E-state index contributed by atoms with van der Waals surface area (Å²) in [6, 6.07) is 12.4. The Balaban J connectivity index is 1.25. The number of benzene rings is 2. The van der Waals surface area contributed by atoms with Crippen LogP contribution in [0.25, 0.3) is 0 Å². The number of carbonyl (C=O) groups is 2. The van der Waals surface area contributed by atoms with Crippen LogP contribution in [0.5, 0.6) is 0 Å². The minimum atomic E-state index is -1.01. The van der Waals surface area contributed by atoms with Crippen molar-refractivity contribution in [2.24, 2.45) is 0 Å². The van der Waals surface area contributed by atoms with Gasteiger partial charge in [-0.2, -0.15) is 0 Å². The number of aryl methyl sites for hydroxylation is 2. The van der Waals surface area contributed by atoms with Crippen LogP contribution in [0.2, 0.25) is 0 Å². The molecule has 2 fully saturated rings. The number of hydrogen-bond donors (Lipinski definition) is 2. The largest absolute Gasteiger partial charge is 0.360 e. The van der Waals surface area contributed by atoms with E-state index in [0.29, 0.717) is 6.67 Å². The molecule has 0 unspecified atom stereocenters. The van der Waals surface area contributed by atoms with Gasteiger partial charge >= 0.3 is 6.03 Å². The van der Waals surface area contributed by atoms with Gasteiger partial charge in [0.05, 0.1) is 26.2 Å². The van der Waals surface area contributed by atoms with Gasteiger partial charge in [0.1, 0.15) is 11.4 Å². The number of piperazine rings is 1. The van der Waals surface area contributed by atoms with Crippen molar-refractivity contribution in [3.63, 3.8) is 0 Å². The van der Waals surface area contributed by atoms with Gasteiger partial charge in [-0.25, -0.2) is 14.1 Å². The van der Waals surface area contributed by atoms with Gasteiger partial charge in [-0.3, -0.25) is 4.79 Å². The lowest BCUT2D eigenvalue weighted by molar-refractivity contribution is -0.907. The number of amides is 3. The van der Waals surface area contributed by atoms with Crippen molar-refractivity contribution in [1.82, 2.24) is 10.2 Å². The number of urea groups is 1. The molecule has 31 heavy (non-hydrogen) atoms. The quantitative estimate of drug-likeness (QED) is 0.732. The minimum absolute atomic E-state index is 0.177. The molecule has 2 aromatic carbocycles. The van der Waals surface area contributed by atoms with E-state index in [1.165, 1.54) is 33.1 Å². The van der Waals surface area contributed by atoms with Crippen LogP contribution in [0.3, 0.4) is 0 Å². The normalized spacial score (nSPS) is 23.9. The molecule has 2 aromatic rings. The van der Waals surface area contributed by atoms with Crippen molar-refractivity contribution >= 4 is 17.6 Å². The van der Waals surface area contributed by atoms with E-state index in [0.717, 1.165) is 56.7 Å². The fraction of sp³-hybridized carbons (Fsp3) is 0.417. The first kappa shape index (κ1) is 20.0. The van der Waals surface area contributed by atoms with Gasteiger partial charge in [-0.15, -0.1) is 0 Å². The van der Waals surface area contributed by atoms with Crippen molar-refractivity contribution in [2.45, 2.75) is 31.7 Å². The zero-order valence-corrected chi connectivity index (χ0v) is 17.8. The first-order valence-electron chi connectivity index (χ1n) is 11.0. The lowest BCUT2D eigenvalue weighted by Crippen LogP contribution is -3.16. The molecule has 1 aliphatic carbocycles. The summed E-state index contributed by atoms with van der Waals surface area (Å²) in [4.78, 5) is 30.8. The first-order valence-corrected chi connectivity index (χ1v) is 11.0. The van der Waals surface area contributed by atoms with Gasteiger partial charge in [0.25, 0.3) is 5.91 Å². The average Bonchev–Trinajstić information content (AvgIpc) is 3.33. The van der Waals surface area contributed by atoms with Gasteiger partial charge < -0.3 is 15.1 Å². The molecular formula is C24H28FN4O2+. The number of anilines is 1. The Morgan fingerprint density at radius 2 is 1.74 bits per heavy atom. The van der Waals surface area contributed by atoms with Crippen LogP contribution in [0.4, 0.5) is 14.9 Å². The molecule has 2 saturated heterocycles. The van der Waals surface area contributed by atoms with E-state index in [2.05, 4.69) is 22.3 Å². The van der Waals surface area contributed by atoms with E-state index in [9.17, 15) is 14.0 Å². The fourth-order valence-electron chi connectivity index (χ4n) is 5.03. The molecule has 0 bridgehead atoms. The van der Waals surface area contributed by atoms with Gasteiger partial charge in [0.2, 0.25) is 0 Å². The van der Waals surface area contributed by atoms with Crippen molar-refractivity contribution in [3.8, 4) is 0 Å². The van der Waals surface area contributed by atoms with Gasteiger partial charge in [-0.1, -0.05) is 18.2 Å². The molecule has 0 aromatic heterocycles. The molecular weight excluding hydrogens is 395 g/mol. The molecule has 2 heterocycles. The highest BCUT2D eigenvalue weighted by molar-refractivity contribution is 6.07. The second-order valence-electron chi connectivity index (χ2n) is 9.00. The Kier molecular flexibility index (Phi) is 4.93. The number of quaternary nitrogens is 1. The standard InChI is InChI=1S/C24H27FN4O2/c1-24(19-6-5-17-3-2-4-18(17)15-19)22(30)29(23(31)26-24)16-27-11-13-28(14-12-27)21-9-7-20(25)8-10-21/h5-10,15H,2-4,11-14,16H2,1H3,(H,26,31)/p+1/t24-/m0/s1. The lowest BCUT2D eigenvalue weighted by Gasteiger charge is -2.34. The third-order valence-corrected chi connectivity index (χ3v) is 6.99. The van der Waals surface area contributed by atoms with Gasteiger partial charge in [-0.05, 0) is 67.1 Å². The predicted molar refractivity (Wildman–Crippen MR) is 115 cm³/mol. The summed E-state index contributed by atoms with van der Waals surface area (Å²) >= 11 is 0. The Labute approximate surface area is 181 Å². The molecule has 3 amide bonds. The van der Waals surface area contributed by atoms with Crippen molar-refractivity contribution in [3.05, 3.63) is 65.0 Å². The SMILES string of the molecule is C[C@@]1(c2ccc3c(c2)CCC3)NC(=O)N(C[NH+]2CCN(c3ccc(F)cc3)CC2)C1=O. The van der Waals surface area contributed by atoms with Gasteiger partial charge in [0.15, 0.2) is 6.67 Å². The average molecular weight is 424 g/mol. The molecule has 0 spiro atoms. The van der Waals surface area contributed by atoms with E-state index in [-0.39, 0.29) is 17.8 Å². The molecule has 7 heteroatoms. The smallest absolute Gasteiger partial charge is 0.329 e. The molecule has 1 atom stereocenters. The Hall–Kier alpha value is -2.93. The van der Waals surface area contributed by atoms with Crippen molar-refractivity contribution < 1.29 is 18.9 Å². The highest BCUT2D eigenvalue weighted by atomic mass is 19.1. The Morgan fingerprint density at radius 3 is 2.48 bits per heavy atom. The number of halogens is 1. The monoisotopic (exact) mass is 423 g/mol. The zero-order chi connectivity index (χ0) is 21.6. The molecule has 6 nitrogen and oxygen atoms in total. The molecule has 2 N–H and O–H groups in total. The van der Waals surface area contributed by atoms with Crippen LogP contribution in [0.15, 0.2) is 42.5 Å². The molecule has 2 aliphatic heterocycles. The molecule has 3 aliphatic rings. The van der Waals surface area contributed by atoms with Crippen LogP contribution >= 0.6 is 0 Å². The maximum Gasteiger partial charge on any atom is 0.329 e. The molecule has 0 radical (unpaired) electrons. The number of imide groups is 1. The summed E-state index contributed by atoms with van der Waals surface area (Å²) in [5.41, 5.74) is 3.50. The maximum absolute atomic E-state index is 13.3. The van der Waals surface area contributed by atoms with E-state index >= 15 is 0 Å². The number of carbonyl (C=O) groups excluding carboxylic acids is 2. The minimum Gasteiger partial charge on any atom is -0.360 e. The first-order chi connectivity index (χ1) is 14.9. The van der Waals surface area contributed by atoms with Gasteiger partial charge in [0, 0.05) is 5.69 Å². The summed E-state index contributed by atoms with van der Waals surface area (Å²) in [5.74, 6) is -0.415. The molecule has 5 rings (SSSR count). The number of nitrogens with zero attached hydrogens (tertiary/aromatic N) is 2. The summed E-state index contributed by atoms with van der Waals surface area (Å²) < 4.78 is 13.2. The molecule has 162 valence electrons. The van der Waals surface area contributed by atoms with E-state index in [4.69, 9.17) is 0 Å². The summed E-state index contributed by atoms with van der Waals surface area (Å²) in [6.45, 7) is 5.39. The van der Waals surface area contributed by atoms with Crippen molar-refractivity contribution in [2.75, 3.05) is 37.7 Å². The van der Waals surface area contributed by atoms with Crippen LogP contribution in [0.1, 0.15) is 30.0 Å². The summed E-state index contributed by atoms with van der Waals surface area (Å²) in [5, 5.41) is 2.95. The summed E-state index contributed by atoms with van der Waals surface area (Å²) in [6.07, 6.45) is 3.27. The summed E-state index contributed by atoms with van der Waals surface area (Å²) in [7, 11) is 0. The zero-order valence-electron chi connectivity index (χ0n) is 17.8. The fourth-order valence-corrected chi connectivity index (χ4v) is 5.03. The predicted octanol–water partition coefficient (Wildman–Crippen LogP) is 1.44. The highest BCUT2D eigenvalue weighted by Gasteiger charge is 2.50.